The van der Waals surface area contributed by atoms with Crippen molar-refractivity contribution in [1.29, 1.82) is 5.26 Å². The fourth-order valence-corrected chi connectivity index (χ4v) is 1.74. The Morgan fingerprint density at radius 2 is 2.16 bits per heavy atom. The third kappa shape index (κ3) is 4.98. The van der Waals surface area contributed by atoms with Crippen LogP contribution in [0.3, 0.4) is 0 Å². The molecule has 3 nitrogen and oxygen atoms in total. The smallest absolute Gasteiger partial charge is 0.145 e. The molecular formula is C15H22FN3. The zero-order valence-corrected chi connectivity index (χ0v) is 11.9. The van der Waals surface area contributed by atoms with Crippen molar-refractivity contribution >= 4 is 0 Å². The van der Waals surface area contributed by atoms with Gasteiger partial charge in [0.05, 0.1) is 5.56 Å². The van der Waals surface area contributed by atoms with Crippen LogP contribution < -0.4 is 5.32 Å². The van der Waals surface area contributed by atoms with Crippen LogP contribution in [0.5, 0.6) is 0 Å². The van der Waals surface area contributed by atoms with E-state index in [-0.39, 0.29) is 5.56 Å². The molecule has 0 spiro atoms. The van der Waals surface area contributed by atoms with E-state index in [9.17, 15) is 4.39 Å². The first-order valence-electron chi connectivity index (χ1n) is 6.64. The van der Waals surface area contributed by atoms with Crippen molar-refractivity contribution in [2.45, 2.75) is 32.9 Å². The highest BCUT2D eigenvalue weighted by Gasteiger charge is 2.07. The molecule has 19 heavy (non-hydrogen) atoms. The number of hydrogen-bond donors (Lipinski definition) is 1. The fraction of sp³-hybridized carbons (Fsp3) is 0.533. The van der Waals surface area contributed by atoms with Crippen LogP contribution in [0.1, 0.15) is 31.4 Å². The zero-order valence-electron chi connectivity index (χ0n) is 11.9. The molecule has 0 atom stereocenters. The Bertz CT molecular complexity index is 438. The van der Waals surface area contributed by atoms with Crippen LogP contribution in [0.4, 0.5) is 4.39 Å². The monoisotopic (exact) mass is 263 g/mol. The van der Waals surface area contributed by atoms with E-state index in [2.05, 4.69) is 31.1 Å². The summed E-state index contributed by atoms with van der Waals surface area (Å²) in [6.45, 7) is 6.65. The van der Waals surface area contributed by atoms with Gasteiger partial charge < -0.3 is 10.2 Å². The quantitative estimate of drug-likeness (QED) is 0.768. The zero-order chi connectivity index (χ0) is 14.3. The minimum absolute atomic E-state index is 0.110. The topological polar surface area (TPSA) is 39.1 Å². The normalized spacial score (nSPS) is 11.0. The second-order valence-electron chi connectivity index (χ2n) is 5.00. The Morgan fingerprint density at radius 1 is 1.42 bits per heavy atom. The molecule has 0 aliphatic heterocycles. The summed E-state index contributed by atoms with van der Waals surface area (Å²) in [5.41, 5.74) is 0.662. The van der Waals surface area contributed by atoms with Crippen molar-refractivity contribution in [2.24, 2.45) is 0 Å². The highest BCUT2D eigenvalue weighted by Crippen LogP contribution is 2.11. The van der Waals surface area contributed by atoms with Crippen molar-refractivity contribution < 1.29 is 4.39 Å². The third-order valence-electron chi connectivity index (χ3n) is 3.26. The molecule has 0 unspecified atom stereocenters. The molecule has 0 bridgehead atoms. The fourth-order valence-electron chi connectivity index (χ4n) is 1.74. The van der Waals surface area contributed by atoms with Gasteiger partial charge in [0.15, 0.2) is 0 Å². The molecule has 0 saturated carbocycles. The standard InChI is InChI=1S/C15H22FN3/c1-12(2)19(3)9-5-8-18-11-14-7-4-6-13(10-17)15(14)16/h4,6-7,12,18H,5,8-9,11H2,1-3H3. The molecule has 1 N–H and O–H groups in total. The summed E-state index contributed by atoms with van der Waals surface area (Å²) >= 11 is 0. The van der Waals surface area contributed by atoms with Gasteiger partial charge in [-0.2, -0.15) is 5.26 Å². The molecule has 1 aromatic carbocycles. The third-order valence-corrected chi connectivity index (χ3v) is 3.26. The predicted molar refractivity (Wildman–Crippen MR) is 75.2 cm³/mol. The van der Waals surface area contributed by atoms with E-state index >= 15 is 0 Å². The molecule has 0 saturated heterocycles. The Labute approximate surface area is 115 Å². The first-order valence-corrected chi connectivity index (χ1v) is 6.64. The Balaban J connectivity index is 2.33. The van der Waals surface area contributed by atoms with E-state index < -0.39 is 5.82 Å². The van der Waals surface area contributed by atoms with Crippen LogP contribution in [-0.2, 0) is 6.54 Å². The second kappa shape index (κ2) is 7.88. The molecule has 0 amide bonds. The van der Waals surface area contributed by atoms with E-state index in [1.807, 2.05) is 6.07 Å². The van der Waals surface area contributed by atoms with E-state index in [1.54, 1.807) is 12.1 Å². The molecule has 1 aromatic rings. The number of benzene rings is 1. The van der Waals surface area contributed by atoms with Gasteiger partial charge in [0.25, 0.3) is 0 Å². The van der Waals surface area contributed by atoms with Gasteiger partial charge in [0, 0.05) is 18.2 Å². The number of halogens is 1. The maximum atomic E-state index is 13.7. The Hall–Kier alpha value is -1.44. The number of nitrogens with zero attached hydrogens (tertiary/aromatic N) is 2. The van der Waals surface area contributed by atoms with Crippen LogP contribution >= 0.6 is 0 Å². The largest absolute Gasteiger partial charge is 0.313 e. The van der Waals surface area contributed by atoms with Crippen molar-refractivity contribution in [2.75, 3.05) is 20.1 Å². The summed E-state index contributed by atoms with van der Waals surface area (Å²) in [7, 11) is 2.10. The van der Waals surface area contributed by atoms with Crippen LogP contribution in [0.25, 0.3) is 0 Å². The molecule has 1 rings (SSSR count). The lowest BCUT2D eigenvalue weighted by Crippen LogP contribution is -2.29. The lowest BCUT2D eigenvalue weighted by Gasteiger charge is -2.20. The molecule has 4 heteroatoms. The van der Waals surface area contributed by atoms with Crippen molar-refractivity contribution in [3.63, 3.8) is 0 Å². The minimum Gasteiger partial charge on any atom is -0.313 e. The molecular weight excluding hydrogens is 241 g/mol. The van der Waals surface area contributed by atoms with Gasteiger partial charge in [-0.1, -0.05) is 12.1 Å². The van der Waals surface area contributed by atoms with Crippen LogP contribution in [0.2, 0.25) is 0 Å². The van der Waals surface area contributed by atoms with Gasteiger partial charge in [-0.3, -0.25) is 0 Å². The number of rotatable bonds is 7. The molecule has 0 heterocycles. The summed E-state index contributed by atoms with van der Waals surface area (Å²) in [6, 6.07) is 7.32. The lowest BCUT2D eigenvalue weighted by molar-refractivity contribution is 0.269. The van der Waals surface area contributed by atoms with Crippen molar-refractivity contribution in [3.8, 4) is 6.07 Å². The highest BCUT2D eigenvalue weighted by atomic mass is 19.1. The summed E-state index contributed by atoms with van der Waals surface area (Å²) in [4.78, 5) is 2.28. The van der Waals surface area contributed by atoms with E-state index in [0.717, 1.165) is 19.5 Å². The number of nitrogens with one attached hydrogen (secondary N) is 1. The molecule has 0 aromatic heterocycles. The average molecular weight is 263 g/mol. The number of hydrogen-bond acceptors (Lipinski definition) is 3. The van der Waals surface area contributed by atoms with Crippen LogP contribution in [-0.4, -0.2) is 31.1 Å². The maximum Gasteiger partial charge on any atom is 0.145 e. The van der Waals surface area contributed by atoms with Gasteiger partial charge in [0.1, 0.15) is 11.9 Å². The average Bonchev–Trinajstić information content (AvgIpc) is 2.39. The Kier molecular flexibility index (Phi) is 6.48. The first-order chi connectivity index (χ1) is 9.06. The lowest BCUT2D eigenvalue weighted by atomic mass is 10.1. The van der Waals surface area contributed by atoms with Crippen molar-refractivity contribution in [1.82, 2.24) is 10.2 Å². The van der Waals surface area contributed by atoms with Gasteiger partial charge in [-0.15, -0.1) is 0 Å². The maximum absolute atomic E-state index is 13.7. The van der Waals surface area contributed by atoms with E-state index in [0.29, 0.717) is 18.2 Å². The molecule has 0 fully saturated rings. The summed E-state index contributed by atoms with van der Waals surface area (Å²) in [5.74, 6) is -0.406. The molecule has 0 aliphatic carbocycles. The molecule has 0 aliphatic rings. The van der Waals surface area contributed by atoms with Crippen molar-refractivity contribution in [3.05, 3.63) is 35.1 Å². The molecule has 104 valence electrons. The van der Waals surface area contributed by atoms with E-state index in [4.69, 9.17) is 5.26 Å². The predicted octanol–water partition coefficient (Wildman–Crippen LogP) is 2.52. The highest BCUT2D eigenvalue weighted by molar-refractivity contribution is 5.34. The van der Waals surface area contributed by atoms with Gasteiger partial charge >= 0.3 is 0 Å². The molecule has 0 radical (unpaired) electrons. The van der Waals surface area contributed by atoms with E-state index in [1.165, 1.54) is 6.07 Å². The minimum atomic E-state index is -0.406. The summed E-state index contributed by atoms with van der Waals surface area (Å²) in [6.07, 6.45) is 1.02. The Morgan fingerprint density at radius 3 is 2.79 bits per heavy atom. The summed E-state index contributed by atoms with van der Waals surface area (Å²) in [5, 5.41) is 12.0. The summed E-state index contributed by atoms with van der Waals surface area (Å²) < 4.78 is 13.7. The van der Waals surface area contributed by atoms with Gasteiger partial charge in [0.2, 0.25) is 0 Å². The van der Waals surface area contributed by atoms with Crippen LogP contribution in [0.15, 0.2) is 18.2 Å². The SMILES string of the molecule is CC(C)N(C)CCCNCc1cccc(C#N)c1F. The van der Waals surface area contributed by atoms with Crippen LogP contribution in [0, 0.1) is 17.1 Å². The first kappa shape index (κ1) is 15.6. The van der Waals surface area contributed by atoms with Gasteiger partial charge in [-0.05, 0) is 46.5 Å². The van der Waals surface area contributed by atoms with Gasteiger partial charge in [-0.25, -0.2) is 4.39 Å². The second-order valence-corrected chi connectivity index (χ2v) is 5.00. The number of nitriles is 1.